The summed E-state index contributed by atoms with van der Waals surface area (Å²) in [6.45, 7) is 0.378. The molecule has 0 saturated heterocycles. The zero-order chi connectivity index (χ0) is 14.1. The van der Waals surface area contributed by atoms with E-state index in [4.69, 9.17) is 16.3 Å². The molecule has 0 fully saturated rings. The van der Waals surface area contributed by atoms with Crippen molar-refractivity contribution in [2.75, 3.05) is 7.11 Å². The number of thiophene rings is 1. The molecule has 0 aliphatic heterocycles. The number of aromatic nitrogens is 2. The van der Waals surface area contributed by atoms with Crippen LogP contribution in [0.15, 0.2) is 40.8 Å². The molecule has 0 bridgehead atoms. The second-order valence-corrected chi connectivity index (χ2v) is 5.62. The van der Waals surface area contributed by atoms with Gasteiger partial charge in [-0.1, -0.05) is 11.6 Å². The normalized spacial score (nSPS) is 10.9. The number of halogens is 1. The maximum Gasteiger partial charge on any atom is 0.271 e. The summed E-state index contributed by atoms with van der Waals surface area (Å²) >= 11 is 7.40. The van der Waals surface area contributed by atoms with E-state index in [1.165, 1.54) is 11.3 Å². The maximum absolute atomic E-state index is 12.3. The summed E-state index contributed by atoms with van der Waals surface area (Å²) in [6.07, 6.45) is 1.55. The van der Waals surface area contributed by atoms with Crippen molar-refractivity contribution in [3.63, 3.8) is 0 Å². The third-order valence-corrected chi connectivity index (χ3v) is 4.15. The van der Waals surface area contributed by atoms with Gasteiger partial charge in [0.25, 0.3) is 5.56 Å². The van der Waals surface area contributed by atoms with Gasteiger partial charge in [0.05, 0.1) is 25.5 Å². The van der Waals surface area contributed by atoms with Crippen molar-refractivity contribution < 1.29 is 4.74 Å². The minimum Gasteiger partial charge on any atom is -0.496 e. The lowest BCUT2D eigenvalue weighted by atomic mass is 10.2. The van der Waals surface area contributed by atoms with Crippen molar-refractivity contribution in [1.82, 2.24) is 9.55 Å². The molecule has 2 aromatic heterocycles. The number of methoxy groups -OCH3 is 1. The summed E-state index contributed by atoms with van der Waals surface area (Å²) in [7, 11) is 1.59. The predicted molar refractivity (Wildman–Crippen MR) is 81.0 cm³/mol. The number of rotatable bonds is 3. The SMILES string of the molecule is COc1ccc(Cl)cc1Cn1cnc2ccsc2c1=O. The van der Waals surface area contributed by atoms with E-state index in [0.29, 0.717) is 22.0 Å². The molecule has 1 aromatic carbocycles. The van der Waals surface area contributed by atoms with Crippen molar-refractivity contribution >= 4 is 33.2 Å². The summed E-state index contributed by atoms with van der Waals surface area (Å²) in [6, 6.07) is 7.18. The minimum absolute atomic E-state index is 0.0490. The molecule has 0 aliphatic carbocycles. The molecule has 0 amide bonds. The Hall–Kier alpha value is -1.85. The first-order valence-corrected chi connectivity index (χ1v) is 7.20. The number of hydrogen-bond acceptors (Lipinski definition) is 4. The van der Waals surface area contributed by atoms with Gasteiger partial charge < -0.3 is 4.74 Å². The highest BCUT2D eigenvalue weighted by Gasteiger charge is 2.09. The second-order valence-electron chi connectivity index (χ2n) is 4.27. The van der Waals surface area contributed by atoms with Crippen molar-refractivity contribution in [3.05, 3.63) is 56.9 Å². The van der Waals surface area contributed by atoms with E-state index in [9.17, 15) is 4.79 Å². The van der Waals surface area contributed by atoms with Crippen molar-refractivity contribution in [2.45, 2.75) is 6.54 Å². The van der Waals surface area contributed by atoms with Crippen LogP contribution in [-0.4, -0.2) is 16.7 Å². The molecular weight excluding hydrogens is 296 g/mol. The summed E-state index contributed by atoms with van der Waals surface area (Å²) in [5, 5.41) is 2.47. The number of nitrogens with zero attached hydrogens (tertiary/aromatic N) is 2. The van der Waals surface area contributed by atoms with Gasteiger partial charge in [-0.15, -0.1) is 11.3 Å². The predicted octanol–water partition coefficient (Wildman–Crippen LogP) is 3.17. The molecule has 0 atom stereocenters. The Morgan fingerprint density at radius 1 is 1.40 bits per heavy atom. The fourth-order valence-corrected chi connectivity index (χ4v) is 3.03. The van der Waals surface area contributed by atoms with Gasteiger partial charge in [-0.05, 0) is 29.6 Å². The average Bonchev–Trinajstić information content (AvgIpc) is 2.91. The van der Waals surface area contributed by atoms with Gasteiger partial charge >= 0.3 is 0 Å². The van der Waals surface area contributed by atoms with Crippen LogP contribution < -0.4 is 10.3 Å². The lowest BCUT2D eigenvalue weighted by molar-refractivity contribution is 0.408. The molecule has 0 saturated carbocycles. The fraction of sp³-hybridized carbons (Fsp3) is 0.143. The summed E-state index contributed by atoms with van der Waals surface area (Å²) in [5.41, 5.74) is 1.53. The molecule has 0 N–H and O–H groups in total. The first-order valence-electron chi connectivity index (χ1n) is 5.94. The van der Waals surface area contributed by atoms with Gasteiger partial charge in [0.1, 0.15) is 10.4 Å². The quantitative estimate of drug-likeness (QED) is 0.746. The zero-order valence-corrected chi connectivity index (χ0v) is 12.2. The monoisotopic (exact) mass is 306 g/mol. The molecule has 3 aromatic rings. The van der Waals surface area contributed by atoms with E-state index >= 15 is 0 Å². The second kappa shape index (κ2) is 5.26. The van der Waals surface area contributed by atoms with E-state index in [2.05, 4.69) is 4.98 Å². The Bertz CT molecular complexity index is 825. The molecule has 0 radical (unpaired) electrons. The van der Waals surface area contributed by atoms with E-state index in [0.717, 1.165) is 11.1 Å². The lowest BCUT2D eigenvalue weighted by Crippen LogP contribution is -2.20. The van der Waals surface area contributed by atoms with Crippen LogP contribution in [0.4, 0.5) is 0 Å². The Balaban J connectivity index is 2.07. The van der Waals surface area contributed by atoms with Gasteiger partial charge in [-0.2, -0.15) is 0 Å². The Morgan fingerprint density at radius 2 is 2.25 bits per heavy atom. The molecule has 102 valence electrons. The number of benzene rings is 1. The molecule has 0 aliphatic rings. The van der Waals surface area contributed by atoms with E-state index < -0.39 is 0 Å². The molecule has 0 unspecified atom stereocenters. The highest BCUT2D eigenvalue weighted by atomic mass is 35.5. The van der Waals surface area contributed by atoms with Crippen molar-refractivity contribution in [2.24, 2.45) is 0 Å². The standard InChI is InChI=1S/C14H11ClN2O2S/c1-19-12-3-2-10(15)6-9(12)7-17-8-16-11-4-5-20-13(11)14(17)18/h2-6,8H,7H2,1H3. The Labute approximate surface area is 124 Å². The van der Waals surface area contributed by atoms with Crippen LogP contribution >= 0.6 is 22.9 Å². The largest absolute Gasteiger partial charge is 0.496 e. The van der Waals surface area contributed by atoms with Crippen LogP contribution in [0, 0.1) is 0 Å². The molecule has 20 heavy (non-hydrogen) atoms. The first kappa shape index (κ1) is 13.1. The van der Waals surface area contributed by atoms with E-state index in [1.807, 2.05) is 11.4 Å². The minimum atomic E-state index is -0.0490. The molecule has 2 heterocycles. The molecule has 3 rings (SSSR count). The van der Waals surface area contributed by atoms with E-state index in [1.54, 1.807) is 36.2 Å². The number of hydrogen-bond donors (Lipinski definition) is 0. The summed E-state index contributed by atoms with van der Waals surface area (Å²) in [4.78, 5) is 16.6. The number of fused-ring (bicyclic) bond motifs is 1. The van der Waals surface area contributed by atoms with Gasteiger partial charge in [0, 0.05) is 10.6 Å². The molecule has 0 spiro atoms. The fourth-order valence-electron chi connectivity index (χ4n) is 2.05. The average molecular weight is 307 g/mol. The van der Waals surface area contributed by atoms with Gasteiger partial charge in [0.2, 0.25) is 0 Å². The topological polar surface area (TPSA) is 44.1 Å². The van der Waals surface area contributed by atoms with Crippen LogP contribution in [-0.2, 0) is 6.54 Å². The Kier molecular flexibility index (Phi) is 3.46. The van der Waals surface area contributed by atoms with Crippen LogP contribution in [0.3, 0.4) is 0 Å². The first-order chi connectivity index (χ1) is 9.69. The van der Waals surface area contributed by atoms with Crippen molar-refractivity contribution in [3.8, 4) is 5.75 Å². The molecule has 6 heteroatoms. The zero-order valence-electron chi connectivity index (χ0n) is 10.7. The number of ether oxygens (including phenoxy) is 1. The maximum atomic E-state index is 12.3. The highest BCUT2D eigenvalue weighted by molar-refractivity contribution is 7.17. The summed E-state index contributed by atoms with van der Waals surface area (Å²) < 4.78 is 7.52. The highest BCUT2D eigenvalue weighted by Crippen LogP contribution is 2.23. The smallest absolute Gasteiger partial charge is 0.271 e. The van der Waals surface area contributed by atoms with Crippen LogP contribution in [0.5, 0.6) is 5.75 Å². The van der Waals surface area contributed by atoms with E-state index in [-0.39, 0.29) is 5.56 Å². The molecule has 4 nitrogen and oxygen atoms in total. The summed E-state index contributed by atoms with van der Waals surface area (Å²) in [5.74, 6) is 0.701. The third kappa shape index (κ3) is 2.30. The third-order valence-electron chi connectivity index (χ3n) is 3.02. The van der Waals surface area contributed by atoms with Gasteiger partial charge in [-0.3, -0.25) is 9.36 Å². The Morgan fingerprint density at radius 3 is 3.05 bits per heavy atom. The lowest BCUT2D eigenvalue weighted by Gasteiger charge is -2.10. The van der Waals surface area contributed by atoms with Crippen LogP contribution in [0.1, 0.15) is 5.56 Å². The van der Waals surface area contributed by atoms with Crippen LogP contribution in [0.2, 0.25) is 5.02 Å². The van der Waals surface area contributed by atoms with Gasteiger partial charge in [0.15, 0.2) is 0 Å². The van der Waals surface area contributed by atoms with Crippen molar-refractivity contribution in [1.29, 1.82) is 0 Å². The van der Waals surface area contributed by atoms with Crippen LogP contribution in [0.25, 0.3) is 10.2 Å². The van der Waals surface area contributed by atoms with Gasteiger partial charge in [-0.25, -0.2) is 4.98 Å². The molecular formula is C14H11ClN2O2S.